The monoisotopic (exact) mass is 381 g/mol. The van der Waals surface area contributed by atoms with Crippen LogP contribution in [0.5, 0.6) is 5.75 Å². The molecule has 1 spiro atoms. The van der Waals surface area contributed by atoms with Gasteiger partial charge in [-0.3, -0.25) is 14.8 Å². The molecular weight excluding hydrogens is 350 g/mol. The maximum absolute atomic E-state index is 6.38. The van der Waals surface area contributed by atoms with Crippen LogP contribution in [0.15, 0.2) is 48.7 Å². The number of likely N-dealkylation sites (tertiary alicyclic amines) is 1. The Morgan fingerprint density at radius 1 is 1.18 bits per heavy atom. The Morgan fingerprint density at radius 3 is 2.64 bits per heavy atom. The lowest BCUT2D eigenvalue weighted by atomic mass is 9.87. The summed E-state index contributed by atoms with van der Waals surface area (Å²) in [4.78, 5) is 9.40. The van der Waals surface area contributed by atoms with Crippen molar-refractivity contribution in [1.29, 1.82) is 0 Å². The van der Waals surface area contributed by atoms with E-state index in [1.54, 1.807) is 7.11 Å². The van der Waals surface area contributed by atoms with Gasteiger partial charge in [-0.25, -0.2) is 0 Å². The van der Waals surface area contributed by atoms with E-state index in [-0.39, 0.29) is 5.60 Å². The van der Waals surface area contributed by atoms with Crippen molar-refractivity contribution in [2.75, 3.05) is 33.9 Å². The average molecular weight is 382 g/mol. The zero-order valence-corrected chi connectivity index (χ0v) is 17.0. The Kier molecular flexibility index (Phi) is 5.95. The summed E-state index contributed by atoms with van der Waals surface area (Å²) in [5.41, 5.74) is 2.54. The SMILES string of the molecule is COc1ccc(CN2CCC3(CC2)CC(N(C)Cc2ccccn2)CO3)cc1. The van der Waals surface area contributed by atoms with Gasteiger partial charge in [0.2, 0.25) is 0 Å². The second kappa shape index (κ2) is 8.60. The van der Waals surface area contributed by atoms with Crippen molar-refractivity contribution in [2.45, 2.75) is 44.0 Å². The topological polar surface area (TPSA) is 37.8 Å². The normalized spacial score (nSPS) is 22.0. The molecule has 1 aromatic heterocycles. The molecule has 2 saturated heterocycles. The molecule has 0 N–H and O–H groups in total. The zero-order valence-electron chi connectivity index (χ0n) is 17.0. The minimum atomic E-state index is 0.0689. The minimum absolute atomic E-state index is 0.0689. The van der Waals surface area contributed by atoms with Crippen LogP contribution in [-0.4, -0.2) is 60.3 Å². The second-order valence-corrected chi connectivity index (χ2v) is 8.21. The minimum Gasteiger partial charge on any atom is -0.497 e. The third kappa shape index (κ3) is 4.54. The van der Waals surface area contributed by atoms with Gasteiger partial charge in [-0.2, -0.15) is 0 Å². The molecule has 5 heteroatoms. The number of likely N-dealkylation sites (N-methyl/N-ethyl adjacent to an activating group) is 1. The van der Waals surface area contributed by atoms with E-state index in [9.17, 15) is 0 Å². The molecule has 1 aromatic carbocycles. The Bertz CT molecular complexity index is 742. The number of ether oxygens (including phenoxy) is 2. The van der Waals surface area contributed by atoms with Crippen LogP contribution in [0.3, 0.4) is 0 Å². The van der Waals surface area contributed by atoms with Crippen LogP contribution in [0.1, 0.15) is 30.5 Å². The van der Waals surface area contributed by atoms with E-state index in [1.165, 1.54) is 5.56 Å². The fourth-order valence-corrected chi connectivity index (χ4v) is 4.44. The first-order valence-corrected chi connectivity index (χ1v) is 10.3. The summed E-state index contributed by atoms with van der Waals surface area (Å²) in [7, 11) is 3.91. The van der Waals surface area contributed by atoms with E-state index < -0.39 is 0 Å². The third-order valence-corrected chi connectivity index (χ3v) is 6.28. The van der Waals surface area contributed by atoms with Crippen molar-refractivity contribution < 1.29 is 9.47 Å². The standard InChI is InChI=1S/C23H31N3O2/c1-25(17-20-5-3-4-12-24-20)21-15-23(28-18-21)10-13-26(14-11-23)16-19-6-8-22(27-2)9-7-19/h3-9,12,21H,10-11,13-18H2,1-2H3. The fourth-order valence-electron chi connectivity index (χ4n) is 4.44. The number of pyridine rings is 1. The van der Waals surface area contributed by atoms with E-state index >= 15 is 0 Å². The van der Waals surface area contributed by atoms with Crippen molar-refractivity contribution >= 4 is 0 Å². The predicted molar refractivity (Wildman–Crippen MR) is 110 cm³/mol. The van der Waals surface area contributed by atoms with Crippen LogP contribution >= 0.6 is 0 Å². The summed E-state index contributed by atoms with van der Waals surface area (Å²) in [5.74, 6) is 0.918. The molecule has 0 amide bonds. The predicted octanol–water partition coefficient (Wildman–Crippen LogP) is 3.35. The Hall–Kier alpha value is -1.95. The summed E-state index contributed by atoms with van der Waals surface area (Å²) in [6.07, 6.45) is 5.25. The Balaban J connectivity index is 1.27. The van der Waals surface area contributed by atoms with Gasteiger partial charge in [0.25, 0.3) is 0 Å². The van der Waals surface area contributed by atoms with Gasteiger partial charge in [0.05, 0.1) is 25.0 Å². The first-order chi connectivity index (χ1) is 13.7. The summed E-state index contributed by atoms with van der Waals surface area (Å²) >= 11 is 0. The summed E-state index contributed by atoms with van der Waals surface area (Å²) in [6, 6.07) is 15.0. The number of hydrogen-bond acceptors (Lipinski definition) is 5. The average Bonchev–Trinajstić information content (AvgIpc) is 3.15. The molecule has 5 nitrogen and oxygen atoms in total. The molecule has 0 bridgehead atoms. The summed E-state index contributed by atoms with van der Waals surface area (Å²) < 4.78 is 11.6. The highest BCUT2D eigenvalue weighted by Crippen LogP contribution is 2.38. The molecule has 1 atom stereocenters. The lowest BCUT2D eigenvalue weighted by molar-refractivity contribution is -0.0452. The number of piperidine rings is 1. The number of benzene rings is 1. The van der Waals surface area contributed by atoms with Crippen LogP contribution in [0, 0.1) is 0 Å². The zero-order chi connectivity index (χ0) is 19.4. The molecule has 4 rings (SSSR count). The molecule has 3 heterocycles. The molecule has 2 aliphatic rings. The fraction of sp³-hybridized carbons (Fsp3) is 0.522. The van der Waals surface area contributed by atoms with Crippen LogP contribution in [-0.2, 0) is 17.8 Å². The highest BCUT2D eigenvalue weighted by Gasteiger charge is 2.43. The van der Waals surface area contributed by atoms with Gasteiger partial charge in [-0.05, 0) is 56.1 Å². The van der Waals surface area contributed by atoms with Crippen molar-refractivity contribution in [1.82, 2.24) is 14.8 Å². The van der Waals surface area contributed by atoms with Gasteiger partial charge in [0, 0.05) is 38.4 Å². The summed E-state index contributed by atoms with van der Waals surface area (Å²) in [6.45, 7) is 4.92. The Labute approximate surface area is 168 Å². The van der Waals surface area contributed by atoms with Gasteiger partial charge >= 0.3 is 0 Å². The maximum atomic E-state index is 6.38. The highest BCUT2D eigenvalue weighted by atomic mass is 16.5. The number of hydrogen-bond donors (Lipinski definition) is 0. The molecule has 0 radical (unpaired) electrons. The number of aromatic nitrogens is 1. The third-order valence-electron chi connectivity index (χ3n) is 6.28. The lowest BCUT2D eigenvalue weighted by Gasteiger charge is -2.39. The largest absolute Gasteiger partial charge is 0.497 e. The van der Waals surface area contributed by atoms with E-state index in [0.717, 1.165) is 63.5 Å². The number of rotatable bonds is 6. The van der Waals surface area contributed by atoms with E-state index in [4.69, 9.17) is 9.47 Å². The second-order valence-electron chi connectivity index (χ2n) is 8.21. The molecule has 0 saturated carbocycles. The Morgan fingerprint density at radius 2 is 1.96 bits per heavy atom. The van der Waals surface area contributed by atoms with Crippen molar-refractivity contribution in [2.24, 2.45) is 0 Å². The first kappa shape index (κ1) is 19.4. The van der Waals surface area contributed by atoms with E-state index in [2.05, 4.69) is 46.1 Å². The smallest absolute Gasteiger partial charge is 0.118 e. The number of nitrogens with zero attached hydrogens (tertiary/aromatic N) is 3. The van der Waals surface area contributed by atoms with Crippen LogP contribution in [0.25, 0.3) is 0 Å². The van der Waals surface area contributed by atoms with Crippen molar-refractivity contribution in [3.05, 3.63) is 59.9 Å². The van der Waals surface area contributed by atoms with Crippen molar-refractivity contribution in [3.8, 4) is 5.75 Å². The van der Waals surface area contributed by atoms with Gasteiger partial charge in [0.1, 0.15) is 5.75 Å². The first-order valence-electron chi connectivity index (χ1n) is 10.3. The maximum Gasteiger partial charge on any atom is 0.118 e. The number of methoxy groups -OCH3 is 1. The molecule has 2 fully saturated rings. The molecular formula is C23H31N3O2. The summed E-state index contributed by atoms with van der Waals surface area (Å²) in [5, 5.41) is 0. The molecule has 0 aliphatic carbocycles. The van der Waals surface area contributed by atoms with Gasteiger partial charge in [-0.15, -0.1) is 0 Å². The highest BCUT2D eigenvalue weighted by molar-refractivity contribution is 5.27. The van der Waals surface area contributed by atoms with Crippen LogP contribution in [0.2, 0.25) is 0 Å². The van der Waals surface area contributed by atoms with Gasteiger partial charge < -0.3 is 9.47 Å². The molecule has 28 heavy (non-hydrogen) atoms. The van der Waals surface area contributed by atoms with E-state index in [0.29, 0.717) is 6.04 Å². The quantitative estimate of drug-likeness (QED) is 0.767. The molecule has 2 aromatic rings. The molecule has 2 aliphatic heterocycles. The van der Waals surface area contributed by atoms with Crippen LogP contribution in [0.4, 0.5) is 0 Å². The van der Waals surface area contributed by atoms with E-state index in [1.807, 2.05) is 24.4 Å². The molecule has 150 valence electrons. The van der Waals surface area contributed by atoms with Gasteiger partial charge in [-0.1, -0.05) is 18.2 Å². The van der Waals surface area contributed by atoms with Crippen molar-refractivity contribution in [3.63, 3.8) is 0 Å². The van der Waals surface area contributed by atoms with Crippen LogP contribution < -0.4 is 4.74 Å². The van der Waals surface area contributed by atoms with Gasteiger partial charge in [0.15, 0.2) is 0 Å². The lowest BCUT2D eigenvalue weighted by Crippen LogP contribution is -2.44. The molecule has 1 unspecified atom stereocenters.